The maximum Gasteiger partial charge on any atom is 0.172 e. The van der Waals surface area contributed by atoms with Gasteiger partial charge in [-0.25, -0.2) is 4.98 Å². The largest absolute Gasteiger partial charge is 0.295 e. The molecule has 0 aliphatic rings. The van der Waals surface area contributed by atoms with Crippen LogP contribution in [0.2, 0.25) is 0 Å². The van der Waals surface area contributed by atoms with Gasteiger partial charge in [0, 0.05) is 23.8 Å². The lowest BCUT2D eigenvalue weighted by molar-refractivity contribution is 0.893. The zero-order valence-corrected chi connectivity index (χ0v) is 13.0. The molecule has 0 saturated carbocycles. The van der Waals surface area contributed by atoms with Gasteiger partial charge in [0.15, 0.2) is 5.16 Å². The number of nitrogens with zero attached hydrogens (tertiary/aromatic N) is 3. The Morgan fingerprint density at radius 2 is 2.05 bits per heavy atom. The first-order valence-electron chi connectivity index (χ1n) is 6.99. The average molecular weight is 305 g/mol. The fraction of sp³-hybridized carbons (Fsp3) is 0.111. The molecular weight excluding hydrogens is 290 g/mol. The Balaban J connectivity index is 1.83. The molecule has 3 rings (SSSR count). The molecule has 0 bridgehead atoms. The summed E-state index contributed by atoms with van der Waals surface area (Å²) in [5.74, 6) is 0.729. The van der Waals surface area contributed by atoms with Crippen molar-refractivity contribution in [3.05, 3.63) is 77.6 Å². The lowest BCUT2D eigenvalue weighted by Crippen LogP contribution is -1.96. The third-order valence-corrected chi connectivity index (χ3v) is 4.40. The summed E-state index contributed by atoms with van der Waals surface area (Å²) in [6, 6.07) is 18.3. The molecule has 1 heterocycles. The minimum Gasteiger partial charge on any atom is -0.295 e. The molecule has 3 aromatic rings. The van der Waals surface area contributed by atoms with Gasteiger partial charge in [-0.2, -0.15) is 5.26 Å². The van der Waals surface area contributed by atoms with E-state index in [4.69, 9.17) is 5.26 Å². The van der Waals surface area contributed by atoms with Crippen molar-refractivity contribution in [3.8, 4) is 11.8 Å². The van der Waals surface area contributed by atoms with E-state index in [2.05, 4.69) is 40.7 Å². The zero-order valence-electron chi connectivity index (χ0n) is 12.2. The molecule has 0 amide bonds. The zero-order chi connectivity index (χ0) is 15.4. The van der Waals surface area contributed by atoms with Gasteiger partial charge in [-0.05, 0) is 36.2 Å². The first kappa shape index (κ1) is 14.4. The van der Waals surface area contributed by atoms with Crippen molar-refractivity contribution in [2.75, 3.05) is 0 Å². The Bertz CT molecular complexity index is 830. The summed E-state index contributed by atoms with van der Waals surface area (Å²) in [6.07, 6.45) is 3.77. The first-order chi connectivity index (χ1) is 10.8. The van der Waals surface area contributed by atoms with E-state index in [1.165, 1.54) is 5.56 Å². The average Bonchev–Trinajstić information content (AvgIpc) is 3.01. The van der Waals surface area contributed by atoms with Crippen molar-refractivity contribution in [3.63, 3.8) is 0 Å². The van der Waals surface area contributed by atoms with Gasteiger partial charge >= 0.3 is 0 Å². The summed E-state index contributed by atoms with van der Waals surface area (Å²) in [5.41, 5.74) is 4.09. The van der Waals surface area contributed by atoms with Gasteiger partial charge in [0.25, 0.3) is 0 Å². The molecule has 0 aliphatic carbocycles. The van der Waals surface area contributed by atoms with E-state index in [1.807, 2.05) is 36.5 Å². The van der Waals surface area contributed by atoms with E-state index in [0.29, 0.717) is 0 Å². The molecular formula is C18H15N3S. The van der Waals surface area contributed by atoms with Gasteiger partial charge in [0.2, 0.25) is 0 Å². The highest BCUT2D eigenvalue weighted by Crippen LogP contribution is 2.25. The fourth-order valence-corrected chi connectivity index (χ4v) is 3.25. The number of aromatic nitrogens is 2. The quantitative estimate of drug-likeness (QED) is 0.673. The molecule has 0 atom stereocenters. The number of hydrogen-bond donors (Lipinski definition) is 0. The predicted octanol–water partition coefficient (Wildman–Crippen LogP) is 4.34. The van der Waals surface area contributed by atoms with Crippen LogP contribution in [0.4, 0.5) is 0 Å². The second kappa shape index (κ2) is 6.50. The van der Waals surface area contributed by atoms with E-state index < -0.39 is 0 Å². The molecule has 108 valence electrons. The van der Waals surface area contributed by atoms with E-state index in [1.54, 1.807) is 18.0 Å². The Morgan fingerprint density at radius 1 is 1.18 bits per heavy atom. The van der Waals surface area contributed by atoms with E-state index in [0.717, 1.165) is 27.7 Å². The molecule has 1 aromatic heterocycles. The van der Waals surface area contributed by atoms with Gasteiger partial charge in [-0.15, -0.1) is 0 Å². The summed E-state index contributed by atoms with van der Waals surface area (Å²) in [6.45, 7) is 2.08. The second-order valence-electron chi connectivity index (χ2n) is 4.98. The smallest absolute Gasteiger partial charge is 0.172 e. The molecule has 0 fully saturated rings. The summed E-state index contributed by atoms with van der Waals surface area (Å²) in [7, 11) is 0. The van der Waals surface area contributed by atoms with Gasteiger partial charge in [0.1, 0.15) is 0 Å². The van der Waals surface area contributed by atoms with Gasteiger partial charge < -0.3 is 0 Å². The molecule has 2 aromatic carbocycles. The van der Waals surface area contributed by atoms with Crippen molar-refractivity contribution in [1.29, 1.82) is 5.26 Å². The van der Waals surface area contributed by atoms with Gasteiger partial charge in [0.05, 0.1) is 11.6 Å². The highest BCUT2D eigenvalue weighted by atomic mass is 32.2. The number of thioether (sulfide) groups is 1. The number of nitriles is 1. The maximum atomic E-state index is 9.16. The molecule has 0 aliphatic heterocycles. The Kier molecular flexibility index (Phi) is 4.27. The van der Waals surface area contributed by atoms with Crippen molar-refractivity contribution in [1.82, 2.24) is 9.55 Å². The molecule has 3 nitrogen and oxygen atoms in total. The molecule has 0 radical (unpaired) electrons. The molecule has 0 N–H and O–H groups in total. The highest BCUT2D eigenvalue weighted by Gasteiger charge is 2.08. The van der Waals surface area contributed by atoms with E-state index in [9.17, 15) is 0 Å². The molecule has 0 saturated heterocycles. The minimum absolute atomic E-state index is 0.726. The first-order valence-corrected chi connectivity index (χ1v) is 7.97. The lowest BCUT2D eigenvalue weighted by Gasteiger charge is -2.08. The van der Waals surface area contributed by atoms with Crippen LogP contribution in [-0.4, -0.2) is 9.55 Å². The van der Waals surface area contributed by atoms with E-state index in [-0.39, 0.29) is 0 Å². The Hall–Kier alpha value is -2.51. The van der Waals surface area contributed by atoms with Crippen LogP contribution in [0, 0.1) is 18.3 Å². The summed E-state index contributed by atoms with van der Waals surface area (Å²) >= 11 is 1.64. The van der Waals surface area contributed by atoms with Gasteiger partial charge in [-0.3, -0.25) is 4.57 Å². The topological polar surface area (TPSA) is 41.6 Å². The number of aryl methyl sites for hydroxylation is 1. The van der Waals surface area contributed by atoms with Crippen molar-refractivity contribution in [2.45, 2.75) is 17.8 Å². The summed E-state index contributed by atoms with van der Waals surface area (Å²) < 4.78 is 2.08. The standard InChI is InChI=1S/C18H15N3S/c1-14-5-4-8-17(11-14)21-10-9-20-18(21)22-13-16-7-3-2-6-15(16)12-19/h2-11H,13H2,1H3. The Morgan fingerprint density at radius 3 is 2.86 bits per heavy atom. The van der Waals surface area contributed by atoms with Crippen LogP contribution in [0.15, 0.2) is 66.1 Å². The van der Waals surface area contributed by atoms with Crippen LogP contribution >= 0.6 is 11.8 Å². The SMILES string of the molecule is Cc1cccc(-n2ccnc2SCc2ccccc2C#N)c1. The third kappa shape index (κ3) is 3.05. The van der Waals surface area contributed by atoms with Crippen molar-refractivity contribution < 1.29 is 0 Å². The normalized spacial score (nSPS) is 10.4. The van der Waals surface area contributed by atoms with Crippen molar-refractivity contribution in [2.24, 2.45) is 0 Å². The van der Waals surface area contributed by atoms with Crippen LogP contribution in [0.25, 0.3) is 5.69 Å². The van der Waals surface area contributed by atoms with Crippen LogP contribution in [-0.2, 0) is 5.75 Å². The minimum atomic E-state index is 0.726. The molecule has 22 heavy (non-hydrogen) atoms. The van der Waals surface area contributed by atoms with Gasteiger partial charge in [-0.1, -0.05) is 42.1 Å². The number of rotatable bonds is 4. The fourth-order valence-electron chi connectivity index (χ4n) is 2.27. The maximum absolute atomic E-state index is 9.16. The van der Waals surface area contributed by atoms with Crippen molar-refractivity contribution >= 4 is 11.8 Å². The molecule has 0 spiro atoms. The summed E-state index contributed by atoms with van der Waals surface area (Å²) in [4.78, 5) is 4.44. The van der Waals surface area contributed by atoms with Crippen LogP contribution in [0.1, 0.15) is 16.7 Å². The second-order valence-corrected chi connectivity index (χ2v) is 5.92. The lowest BCUT2D eigenvalue weighted by atomic mass is 10.1. The van der Waals surface area contributed by atoms with Crippen LogP contribution < -0.4 is 0 Å². The molecule has 0 unspecified atom stereocenters. The van der Waals surface area contributed by atoms with Crippen LogP contribution in [0.5, 0.6) is 0 Å². The third-order valence-electron chi connectivity index (χ3n) is 3.38. The number of benzene rings is 2. The highest BCUT2D eigenvalue weighted by molar-refractivity contribution is 7.98. The van der Waals surface area contributed by atoms with E-state index >= 15 is 0 Å². The Labute approximate surface area is 134 Å². The van der Waals surface area contributed by atoms with Crippen LogP contribution in [0.3, 0.4) is 0 Å². The summed E-state index contributed by atoms with van der Waals surface area (Å²) in [5, 5.41) is 10.1. The monoisotopic (exact) mass is 305 g/mol. The number of imidazole rings is 1. The molecule has 4 heteroatoms. The number of hydrogen-bond acceptors (Lipinski definition) is 3. The predicted molar refractivity (Wildman–Crippen MR) is 89.0 cm³/mol.